The van der Waals surface area contributed by atoms with Crippen LogP contribution in [-0.2, 0) is 0 Å². The van der Waals surface area contributed by atoms with Gasteiger partial charge in [0.2, 0.25) is 0 Å². The van der Waals surface area contributed by atoms with Crippen LogP contribution >= 0.6 is 0 Å². The van der Waals surface area contributed by atoms with Crippen molar-refractivity contribution >= 4 is 17.3 Å². The summed E-state index contributed by atoms with van der Waals surface area (Å²) >= 11 is 0. The molecule has 2 rings (SSSR count). The number of carboxylic acids is 1. The lowest BCUT2D eigenvalue weighted by Crippen LogP contribution is -2.55. The van der Waals surface area contributed by atoms with E-state index in [0.717, 1.165) is 17.9 Å². The molecule has 0 amide bonds. The van der Waals surface area contributed by atoms with E-state index in [0.29, 0.717) is 11.6 Å². The molecule has 1 aliphatic rings. The molecular formula is C14H20N2O2. The molecule has 0 aliphatic carbocycles. The van der Waals surface area contributed by atoms with Crippen molar-refractivity contribution in [3.63, 3.8) is 0 Å². The zero-order chi connectivity index (χ0) is 13.5. The Bertz CT molecular complexity index is 481. The minimum Gasteiger partial charge on any atom is -0.478 e. The molecular weight excluding hydrogens is 228 g/mol. The maximum atomic E-state index is 11.1. The van der Waals surface area contributed by atoms with Gasteiger partial charge in [-0.25, -0.2) is 4.79 Å². The number of nitrogens with one attached hydrogen (secondary N) is 1. The van der Waals surface area contributed by atoms with Gasteiger partial charge in [0.25, 0.3) is 0 Å². The molecule has 0 atom stereocenters. The van der Waals surface area contributed by atoms with Gasteiger partial charge in [-0.3, -0.25) is 0 Å². The summed E-state index contributed by atoms with van der Waals surface area (Å²) in [6.45, 7) is 9.44. The van der Waals surface area contributed by atoms with Gasteiger partial charge in [0.1, 0.15) is 0 Å². The van der Waals surface area contributed by atoms with Gasteiger partial charge in [-0.05, 0) is 45.9 Å². The second kappa shape index (κ2) is 4.19. The first-order valence-corrected chi connectivity index (χ1v) is 6.23. The largest absolute Gasteiger partial charge is 0.478 e. The Hall–Kier alpha value is -1.71. The highest BCUT2D eigenvalue weighted by molar-refractivity contribution is 5.91. The van der Waals surface area contributed by atoms with Crippen molar-refractivity contribution in [2.45, 2.75) is 39.3 Å². The van der Waals surface area contributed by atoms with Gasteiger partial charge < -0.3 is 15.3 Å². The fraction of sp³-hybridized carbons (Fsp3) is 0.500. The predicted molar refractivity (Wildman–Crippen MR) is 73.6 cm³/mol. The number of hydrogen-bond acceptors (Lipinski definition) is 3. The van der Waals surface area contributed by atoms with Crippen LogP contribution < -0.4 is 10.2 Å². The molecule has 18 heavy (non-hydrogen) atoms. The van der Waals surface area contributed by atoms with Gasteiger partial charge in [0.05, 0.1) is 22.5 Å². The van der Waals surface area contributed by atoms with Crippen molar-refractivity contribution < 1.29 is 9.90 Å². The molecule has 0 aromatic heterocycles. The van der Waals surface area contributed by atoms with E-state index in [1.54, 1.807) is 12.1 Å². The van der Waals surface area contributed by atoms with Crippen LogP contribution in [0.5, 0.6) is 0 Å². The normalized spacial score (nSPS) is 17.3. The monoisotopic (exact) mass is 248 g/mol. The molecule has 0 radical (unpaired) electrons. The van der Waals surface area contributed by atoms with Crippen molar-refractivity contribution in [3.8, 4) is 0 Å². The third kappa shape index (κ3) is 2.03. The SMILES string of the molecule is CC(C)N1c2cc(C(=O)O)ccc2NCC1(C)C. The number of hydrogen-bond donors (Lipinski definition) is 2. The first-order valence-electron chi connectivity index (χ1n) is 6.23. The highest BCUT2D eigenvalue weighted by Gasteiger charge is 2.34. The number of carbonyl (C=O) groups is 1. The van der Waals surface area contributed by atoms with Crippen molar-refractivity contribution in [3.05, 3.63) is 23.8 Å². The van der Waals surface area contributed by atoms with Crippen LogP contribution in [0.4, 0.5) is 11.4 Å². The molecule has 0 unspecified atom stereocenters. The zero-order valence-corrected chi connectivity index (χ0v) is 11.3. The van der Waals surface area contributed by atoms with Crippen LogP contribution in [0.1, 0.15) is 38.1 Å². The first-order chi connectivity index (χ1) is 8.33. The standard InChI is InChI=1S/C14H20N2O2/c1-9(2)16-12-7-10(13(17)18)5-6-11(12)15-8-14(16,3)4/h5-7,9,15H,8H2,1-4H3,(H,17,18). The molecule has 1 aliphatic heterocycles. The number of aromatic carboxylic acids is 1. The third-order valence-electron chi connectivity index (χ3n) is 3.38. The molecule has 4 nitrogen and oxygen atoms in total. The number of carboxylic acid groups (broad SMARTS) is 1. The Kier molecular flexibility index (Phi) is 2.97. The average Bonchev–Trinajstić information content (AvgIpc) is 2.26. The highest BCUT2D eigenvalue weighted by Crippen LogP contribution is 2.38. The quantitative estimate of drug-likeness (QED) is 0.845. The maximum Gasteiger partial charge on any atom is 0.335 e. The fourth-order valence-electron chi connectivity index (χ4n) is 2.71. The van der Waals surface area contributed by atoms with E-state index in [1.807, 2.05) is 6.07 Å². The van der Waals surface area contributed by atoms with E-state index < -0.39 is 5.97 Å². The summed E-state index contributed by atoms with van der Waals surface area (Å²) in [6, 6.07) is 5.57. The summed E-state index contributed by atoms with van der Waals surface area (Å²) < 4.78 is 0. The fourth-order valence-corrected chi connectivity index (χ4v) is 2.71. The predicted octanol–water partition coefficient (Wildman–Crippen LogP) is 2.80. The van der Waals surface area contributed by atoms with E-state index in [2.05, 4.69) is 37.9 Å². The second-order valence-electron chi connectivity index (χ2n) is 5.67. The molecule has 2 N–H and O–H groups in total. The smallest absolute Gasteiger partial charge is 0.335 e. The van der Waals surface area contributed by atoms with Crippen LogP contribution in [0.2, 0.25) is 0 Å². The first kappa shape index (κ1) is 12.7. The summed E-state index contributed by atoms with van der Waals surface area (Å²) in [5.41, 5.74) is 2.28. The lowest BCUT2D eigenvalue weighted by Gasteiger charge is -2.48. The molecule has 0 saturated heterocycles. The number of nitrogens with zero attached hydrogens (tertiary/aromatic N) is 1. The summed E-state index contributed by atoms with van der Waals surface area (Å²) in [7, 11) is 0. The second-order valence-corrected chi connectivity index (χ2v) is 5.67. The van der Waals surface area contributed by atoms with Gasteiger partial charge in [-0.2, -0.15) is 0 Å². The van der Waals surface area contributed by atoms with Gasteiger partial charge in [0, 0.05) is 12.6 Å². The molecule has 0 spiro atoms. The van der Waals surface area contributed by atoms with Crippen molar-refractivity contribution in [1.29, 1.82) is 0 Å². The number of fused-ring (bicyclic) bond motifs is 1. The van der Waals surface area contributed by atoms with Crippen molar-refractivity contribution in [2.24, 2.45) is 0 Å². The van der Waals surface area contributed by atoms with Crippen LogP contribution in [0.3, 0.4) is 0 Å². The van der Waals surface area contributed by atoms with Gasteiger partial charge in [0.15, 0.2) is 0 Å². The van der Waals surface area contributed by atoms with Gasteiger partial charge in [-0.1, -0.05) is 0 Å². The Balaban J connectivity index is 2.55. The number of benzene rings is 1. The summed E-state index contributed by atoms with van der Waals surface area (Å²) in [6.07, 6.45) is 0. The van der Waals surface area contributed by atoms with E-state index in [9.17, 15) is 4.79 Å². The Morgan fingerprint density at radius 1 is 1.44 bits per heavy atom. The van der Waals surface area contributed by atoms with E-state index in [1.165, 1.54) is 0 Å². The average molecular weight is 248 g/mol. The third-order valence-corrected chi connectivity index (χ3v) is 3.38. The molecule has 4 heteroatoms. The van der Waals surface area contributed by atoms with E-state index >= 15 is 0 Å². The van der Waals surface area contributed by atoms with Gasteiger partial charge in [-0.15, -0.1) is 0 Å². The van der Waals surface area contributed by atoms with Crippen molar-refractivity contribution in [2.75, 3.05) is 16.8 Å². The molecule has 1 aromatic carbocycles. The minimum absolute atomic E-state index is 0.0295. The number of anilines is 2. The van der Waals surface area contributed by atoms with Crippen molar-refractivity contribution in [1.82, 2.24) is 0 Å². The minimum atomic E-state index is -0.884. The van der Waals surface area contributed by atoms with Gasteiger partial charge >= 0.3 is 5.97 Å². The molecule has 0 fully saturated rings. The summed E-state index contributed by atoms with van der Waals surface area (Å²) in [5, 5.41) is 12.5. The molecule has 1 heterocycles. The summed E-state index contributed by atoms with van der Waals surface area (Å²) in [4.78, 5) is 13.4. The van der Waals surface area contributed by atoms with Crippen LogP contribution in [0.15, 0.2) is 18.2 Å². The highest BCUT2D eigenvalue weighted by atomic mass is 16.4. The van der Waals surface area contributed by atoms with Crippen LogP contribution in [0.25, 0.3) is 0 Å². The molecule has 0 bridgehead atoms. The zero-order valence-electron chi connectivity index (χ0n) is 11.3. The van der Waals surface area contributed by atoms with E-state index in [4.69, 9.17) is 5.11 Å². The van der Waals surface area contributed by atoms with Crippen LogP contribution in [-0.4, -0.2) is 29.2 Å². The molecule has 1 aromatic rings. The number of rotatable bonds is 2. The molecule has 98 valence electrons. The topological polar surface area (TPSA) is 52.6 Å². The Morgan fingerprint density at radius 2 is 2.11 bits per heavy atom. The molecule has 0 saturated carbocycles. The maximum absolute atomic E-state index is 11.1. The lowest BCUT2D eigenvalue weighted by molar-refractivity contribution is 0.0697. The summed E-state index contributed by atoms with van der Waals surface area (Å²) in [5.74, 6) is -0.884. The Morgan fingerprint density at radius 3 is 2.67 bits per heavy atom. The van der Waals surface area contributed by atoms with Crippen LogP contribution in [0, 0.1) is 0 Å². The Labute approximate surface area is 108 Å². The lowest BCUT2D eigenvalue weighted by atomic mass is 9.95. The van der Waals surface area contributed by atoms with E-state index in [-0.39, 0.29) is 5.54 Å².